The Bertz CT molecular complexity index is 948. The van der Waals surface area contributed by atoms with Gasteiger partial charge in [0.25, 0.3) is 5.91 Å². The fourth-order valence-electron chi connectivity index (χ4n) is 3.35. The molecule has 0 unspecified atom stereocenters. The molecule has 140 valence electrons. The van der Waals surface area contributed by atoms with Crippen LogP contribution in [0.1, 0.15) is 24.5 Å². The Morgan fingerprint density at radius 1 is 1.22 bits per heavy atom. The quantitative estimate of drug-likeness (QED) is 0.736. The molecule has 0 saturated carbocycles. The molecule has 8 heteroatoms. The van der Waals surface area contributed by atoms with Gasteiger partial charge in [-0.2, -0.15) is 5.10 Å². The van der Waals surface area contributed by atoms with E-state index in [1.165, 1.54) is 24.3 Å². The molecule has 0 spiro atoms. The first-order valence-electron chi connectivity index (χ1n) is 8.87. The van der Waals surface area contributed by atoms with E-state index in [9.17, 15) is 9.18 Å². The lowest BCUT2D eigenvalue weighted by molar-refractivity contribution is -0.134. The molecule has 1 aromatic carbocycles. The predicted molar refractivity (Wildman–Crippen MR) is 98.8 cm³/mol. The number of likely N-dealkylation sites (tertiary alicyclic amines) is 1. The minimum atomic E-state index is -0.333. The second-order valence-corrected chi connectivity index (χ2v) is 6.64. The maximum atomic E-state index is 12.9. The molecule has 0 aliphatic carbocycles. The number of benzene rings is 1. The lowest BCUT2D eigenvalue weighted by atomic mass is 9.93. The van der Waals surface area contributed by atoms with E-state index in [-0.39, 0.29) is 24.2 Å². The van der Waals surface area contributed by atoms with E-state index < -0.39 is 0 Å². The summed E-state index contributed by atoms with van der Waals surface area (Å²) in [5.41, 5.74) is 7.40. The Kier molecular flexibility index (Phi) is 4.62. The second-order valence-electron chi connectivity index (χ2n) is 6.64. The van der Waals surface area contributed by atoms with E-state index in [0.717, 1.165) is 23.9 Å². The van der Waals surface area contributed by atoms with Crippen molar-refractivity contribution < 1.29 is 13.9 Å². The van der Waals surface area contributed by atoms with Gasteiger partial charge >= 0.3 is 0 Å². The van der Waals surface area contributed by atoms with Crippen LogP contribution < -0.4 is 10.5 Å². The standard InChI is InChI=1S/C19H20FN5O2/c20-13-1-3-14(4-2-13)27-11-17(26)25-9-7-12(8-10-25)16-6-5-15-18(21)23-24-19(15)22-16/h1-6,12H,7-11H2,(H3,21,22,23,24). The molecule has 4 rings (SSSR count). The van der Waals surface area contributed by atoms with Gasteiger partial charge in [0.15, 0.2) is 12.3 Å². The number of halogens is 1. The Morgan fingerprint density at radius 2 is 1.96 bits per heavy atom. The molecule has 0 atom stereocenters. The molecular formula is C19H20FN5O2. The Morgan fingerprint density at radius 3 is 2.70 bits per heavy atom. The molecule has 1 saturated heterocycles. The number of ether oxygens (including phenoxy) is 1. The van der Waals surface area contributed by atoms with Crippen LogP contribution in [0.4, 0.5) is 10.2 Å². The number of nitrogens with one attached hydrogen (secondary N) is 1. The van der Waals surface area contributed by atoms with Gasteiger partial charge < -0.3 is 15.4 Å². The zero-order valence-electron chi connectivity index (χ0n) is 14.7. The Hall–Kier alpha value is -3.16. The first-order chi connectivity index (χ1) is 13.1. The summed E-state index contributed by atoms with van der Waals surface area (Å²) >= 11 is 0. The topological polar surface area (TPSA) is 97.1 Å². The third-order valence-electron chi connectivity index (χ3n) is 4.91. The van der Waals surface area contributed by atoms with E-state index in [0.29, 0.717) is 30.3 Å². The number of amides is 1. The molecule has 2 aromatic heterocycles. The molecule has 0 bridgehead atoms. The van der Waals surface area contributed by atoms with Crippen LogP contribution in [0.25, 0.3) is 11.0 Å². The number of nitrogens with zero attached hydrogens (tertiary/aromatic N) is 3. The third kappa shape index (κ3) is 3.69. The molecule has 3 heterocycles. The highest BCUT2D eigenvalue weighted by Crippen LogP contribution is 2.28. The van der Waals surface area contributed by atoms with Crippen molar-refractivity contribution in [2.24, 2.45) is 0 Å². The van der Waals surface area contributed by atoms with Gasteiger partial charge in [-0.1, -0.05) is 0 Å². The summed E-state index contributed by atoms with van der Waals surface area (Å²) in [4.78, 5) is 18.7. The fraction of sp³-hybridized carbons (Fsp3) is 0.316. The smallest absolute Gasteiger partial charge is 0.260 e. The van der Waals surface area contributed by atoms with Crippen molar-refractivity contribution in [1.82, 2.24) is 20.1 Å². The van der Waals surface area contributed by atoms with Crippen LogP contribution in [0, 0.1) is 5.82 Å². The maximum absolute atomic E-state index is 12.9. The summed E-state index contributed by atoms with van der Waals surface area (Å²) in [6.45, 7) is 1.25. The first kappa shape index (κ1) is 17.3. The molecule has 1 aliphatic heterocycles. The minimum absolute atomic E-state index is 0.0486. The van der Waals surface area contributed by atoms with Gasteiger partial charge in [0, 0.05) is 24.7 Å². The van der Waals surface area contributed by atoms with E-state index in [1.807, 2.05) is 12.1 Å². The lowest BCUT2D eigenvalue weighted by Crippen LogP contribution is -2.40. The van der Waals surface area contributed by atoms with Crippen molar-refractivity contribution >= 4 is 22.8 Å². The molecule has 27 heavy (non-hydrogen) atoms. The number of fused-ring (bicyclic) bond motifs is 1. The minimum Gasteiger partial charge on any atom is -0.484 e. The summed E-state index contributed by atoms with van der Waals surface area (Å²) in [7, 11) is 0. The molecule has 1 aliphatic rings. The number of nitrogens with two attached hydrogens (primary N) is 1. The summed E-state index contributed by atoms with van der Waals surface area (Å²) in [5, 5.41) is 7.67. The number of hydrogen-bond donors (Lipinski definition) is 2. The number of aromatic nitrogens is 3. The summed E-state index contributed by atoms with van der Waals surface area (Å²) in [5.74, 6) is 0.886. The van der Waals surface area contributed by atoms with Crippen LogP contribution in [-0.4, -0.2) is 45.7 Å². The van der Waals surface area contributed by atoms with Gasteiger partial charge in [-0.3, -0.25) is 9.89 Å². The fourth-order valence-corrected chi connectivity index (χ4v) is 3.35. The highest BCUT2D eigenvalue weighted by Gasteiger charge is 2.25. The van der Waals surface area contributed by atoms with Crippen LogP contribution in [0.15, 0.2) is 36.4 Å². The average molecular weight is 369 g/mol. The van der Waals surface area contributed by atoms with Crippen molar-refractivity contribution in [3.63, 3.8) is 0 Å². The van der Waals surface area contributed by atoms with E-state index in [4.69, 9.17) is 10.5 Å². The summed E-state index contributed by atoms with van der Waals surface area (Å²) in [6, 6.07) is 9.56. The van der Waals surface area contributed by atoms with Crippen molar-refractivity contribution in [3.8, 4) is 5.75 Å². The highest BCUT2D eigenvalue weighted by molar-refractivity contribution is 5.85. The summed E-state index contributed by atoms with van der Waals surface area (Å²) < 4.78 is 18.3. The van der Waals surface area contributed by atoms with Crippen LogP contribution in [0.2, 0.25) is 0 Å². The van der Waals surface area contributed by atoms with Crippen molar-refractivity contribution in [2.45, 2.75) is 18.8 Å². The number of rotatable bonds is 4. The second kappa shape index (κ2) is 7.22. The van der Waals surface area contributed by atoms with Crippen molar-refractivity contribution in [3.05, 3.63) is 47.9 Å². The number of carbonyl (C=O) groups excluding carboxylic acids is 1. The molecule has 1 fully saturated rings. The normalized spacial score (nSPS) is 15.2. The monoisotopic (exact) mass is 369 g/mol. The Balaban J connectivity index is 1.32. The number of anilines is 1. The molecule has 1 amide bonds. The van der Waals surface area contributed by atoms with Crippen LogP contribution >= 0.6 is 0 Å². The number of piperidine rings is 1. The molecule has 3 N–H and O–H groups in total. The largest absolute Gasteiger partial charge is 0.484 e. The van der Waals surface area contributed by atoms with Gasteiger partial charge in [0.05, 0.1) is 5.39 Å². The number of carbonyl (C=O) groups is 1. The average Bonchev–Trinajstić information content (AvgIpc) is 3.08. The zero-order valence-corrected chi connectivity index (χ0v) is 14.7. The SMILES string of the molecule is Nc1[nH]nc2nc(C3CCN(C(=O)COc4ccc(F)cc4)CC3)ccc12. The van der Waals surface area contributed by atoms with Gasteiger partial charge in [-0.15, -0.1) is 0 Å². The Labute approximate surface area is 155 Å². The van der Waals surface area contributed by atoms with Gasteiger partial charge in [0.1, 0.15) is 17.4 Å². The number of H-pyrrole nitrogens is 1. The zero-order chi connectivity index (χ0) is 18.8. The maximum Gasteiger partial charge on any atom is 0.260 e. The van der Waals surface area contributed by atoms with Crippen LogP contribution in [0.3, 0.4) is 0 Å². The number of pyridine rings is 1. The molecular weight excluding hydrogens is 349 g/mol. The van der Waals surface area contributed by atoms with Gasteiger partial charge in [-0.05, 0) is 49.2 Å². The van der Waals surface area contributed by atoms with Crippen molar-refractivity contribution in [1.29, 1.82) is 0 Å². The highest BCUT2D eigenvalue weighted by atomic mass is 19.1. The van der Waals surface area contributed by atoms with Gasteiger partial charge in [-0.25, -0.2) is 9.37 Å². The summed E-state index contributed by atoms with van der Waals surface area (Å²) in [6.07, 6.45) is 1.67. The van der Waals surface area contributed by atoms with E-state index in [2.05, 4.69) is 15.2 Å². The molecule has 0 radical (unpaired) electrons. The molecule has 3 aromatic rings. The molecule has 7 nitrogen and oxygen atoms in total. The number of nitrogen functional groups attached to an aromatic ring is 1. The predicted octanol–water partition coefficient (Wildman–Crippen LogP) is 2.46. The number of hydrogen-bond acceptors (Lipinski definition) is 5. The lowest BCUT2D eigenvalue weighted by Gasteiger charge is -2.31. The first-order valence-corrected chi connectivity index (χ1v) is 8.87. The van der Waals surface area contributed by atoms with E-state index in [1.54, 1.807) is 4.90 Å². The van der Waals surface area contributed by atoms with E-state index >= 15 is 0 Å². The van der Waals surface area contributed by atoms with Crippen LogP contribution in [-0.2, 0) is 4.79 Å². The van der Waals surface area contributed by atoms with Crippen LogP contribution in [0.5, 0.6) is 5.75 Å². The number of aromatic amines is 1. The third-order valence-corrected chi connectivity index (χ3v) is 4.91. The van der Waals surface area contributed by atoms with Crippen molar-refractivity contribution in [2.75, 3.05) is 25.4 Å². The van der Waals surface area contributed by atoms with Gasteiger partial charge in [0.2, 0.25) is 0 Å².